The molecule has 0 aromatic carbocycles. The molecule has 0 spiro atoms. The van der Waals surface area contributed by atoms with Crippen LogP contribution in [0.2, 0.25) is 0 Å². The van der Waals surface area contributed by atoms with E-state index in [1.165, 1.54) is 0 Å². The van der Waals surface area contributed by atoms with Gasteiger partial charge in [0.2, 0.25) is 11.9 Å². The van der Waals surface area contributed by atoms with Crippen LogP contribution in [0.15, 0.2) is 31.1 Å². The number of carbonyl (C=O) groups is 1. The second kappa shape index (κ2) is 3.73. The highest BCUT2D eigenvalue weighted by atomic mass is 16.2. The second-order valence-electron chi connectivity index (χ2n) is 2.72. The first kappa shape index (κ1) is 8.49. The van der Waals surface area contributed by atoms with Crippen molar-refractivity contribution in [2.75, 3.05) is 5.32 Å². The predicted octanol–water partition coefficient (Wildman–Crippen LogP) is 0.245. The van der Waals surface area contributed by atoms with Crippen molar-refractivity contribution in [3.8, 4) is 0 Å². The molecule has 6 nitrogen and oxygen atoms in total. The van der Waals surface area contributed by atoms with E-state index < -0.39 is 0 Å². The Morgan fingerprint density at radius 2 is 2.50 bits per heavy atom. The van der Waals surface area contributed by atoms with Gasteiger partial charge in [0.25, 0.3) is 0 Å². The minimum Gasteiger partial charge on any atom is -0.331 e. The van der Waals surface area contributed by atoms with Gasteiger partial charge in [-0.3, -0.25) is 10.1 Å². The Labute approximate surface area is 80.0 Å². The van der Waals surface area contributed by atoms with Gasteiger partial charge < -0.3 is 9.55 Å². The first-order chi connectivity index (χ1) is 6.84. The summed E-state index contributed by atoms with van der Waals surface area (Å²) in [5.74, 6) is 0.313. The molecule has 2 aromatic rings. The minimum absolute atomic E-state index is 0.141. The molecule has 72 valence electrons. The zero-order valence-electron chi connectivity index (χ0n) is 7.34. The fourth-order valence-electron chi connectivity index (χ4n) is 1.05. The molecule has 6 heteroatoms. The van der Waals surface area contributed by atoms with E-state index in [9.17, 15) is 4.79 Å². The van der Waals surface area contributed by atoms with Crippen LogP contribution < -0.4 is 5.32 Å². The molecule has 0 bridgehead atoms. The molecule has 0 fully saturated rings. The number of imidazole rings is 2. The lowest BCUT2D eigenvalue weighted by Gasteiger charge is -2.01. The molecule has 1 amide bonds. The van der Waals surface area contributed by atoms with Crippen molar-refractivity contribution in [2.45, 2.75) is 6.54 Å². The molecular formula is C8H9N5O. The summed E-state index contributed by atoms with van der Waals surface area (Å²) in [6.07, 6.45) is 8.16. The van der Waals surface area contributed by atoms with Gasteiger partial charge in [-0.25, -0.2) is 9.97 Å². The maximum Gasteiger partial charge on any atom is 0.246 e. The van der Waals surface area contributed by atoms with Crippen molar-refractivity contribution in [1.29, 1.82) is 0 Å². The van der Waals surface area contributed by atoms with Gasteiger partial charge in [-0.2, -0.15) is 0 Å². The highest BCUT2D eigenvalue weighted by Gasteiger charge is 2.03. The first-order valence-electron chi connectivity index (χ1n) is 4.09. The van der Waals surface area contributed by atoms with E-state index in [2.05, 4.69) is 20.3 Å². The molecule has 14 heavy (non-hydrogen) atoms. The normalized spacial score (nSPS) is 10.0. The third kappa shape index (κ3) is 1.98. The SMILES string of the molecule is O=C(Cn1ccnc1)Nc1ncc[nH]1. The molecule has 0 radical (unpaired) electrons. The van der Waals surface area contributed by atoms with Crippen LogP contribution >= 0.6 is 0 Å². The second-order valence-corrected chi connectivity index (χ2v) is 2.72. The molecule has 0 unspecified atom stereocenters. The lowest BCUT2D eigenvalue weighted by molar-refractivity contribution is -0.116. The van der Waals surface area contributed by atoms with Crippen LogP contribution in [0.1, 0.15) is 0 Å². The van der Waals surface area contributed by atoms with Crippen LogP contribution in [0.5, 0.6) is 0 Å². The number of aromatic nitrogens is 4. The van der Waals surface area contributed by atoms with Gasteiger partial charge in [0.1, 0.15) is 6.54 Å². The zero-order chi connectivity index (χ0) is 9.80. The Morgan fingerprint density at radius 1 is 1.57 bits per heavy atom. The van der Waals surface area contributed by atoms with Gasteiger partial charge in [-0.15, -0.1) is 0 Å². The molecule has 2 aromatic heterocycles. The summed E-state index contributed by atoms with van der Waals surface area (Å²) in [6.45, 7) is 0.237. The van der Waals surface area contributed by atoms with Crippen molar-refractivity contribution in [1.82, 2.24) is 19.5 Å². The van der Waals surface area contributed by atoms with E-state index in [1.807, 2.05) is 0 Å². The van der Waals surface area contributed by atoms with E-state index in [0.717, 1.165) is 0 Å². The smallest absolute Gasteiger partial charge is 0.246 e. The topological polar surface area (TPSA) is 75.6 Å². The third-order valence-corrected chi connectivity index (χ3v) is 1.64. The van der Waals surface area contributed by atoms with E-state index in [1.54, 1.807) is 35.7 Å². The van der Waals surface area contributed by atoms with Crippen LogP contribution in [0.25, 0.3) is 0 Å². The van der Waals surface area contributed by atoms with Crippen molar-refractivity contribution in [3.05, 3.63) is 31.1 Å². The van der Waals surface area contributed by atoms with Crippen LogP contribution in [-0.2, 0) is 11.3 Å². The molecule has 0 saturated carbocycles. The highest BCUT2D eigenvalue weighted by molar-refractivity contribution is 5.88. The molecule has 0 atom stereocenters. The Bertz CT molecular complexity index is 353. The van der Waals surface area contributed by atoms with Gasteiger partial charge in [0.05, 0.1) is 6.33 Å². The number of nitrogens with zero attached hydrogens (tertiary/aromatic N) is 3. The van der Waals surface area contributed by atoms with Crippen molar-refractivity contribution < 1.29 is 4.79 Å². The Kier molecular flexibility index (Phi) is 2.26. The third-order valence-electron chi connectivity index (χ3n) is 1.64. The number of hydrogen-bond donors (Lipinski definition) is 2. The Hall–Kier alpha value is -2.11. The van der Waals surface area contributed by atoms with Crippen LogP contribution in [0, 0.1) is 0 Å². The standard InChI is InChI=1S/C8H9N5O/c14-7(5-13-4-3-9-6-13)12-8-10-1-2-11-8/h1-4,6H,5H2,(H2,10,11,12,14). The van der Waals surface area contributed by atoms with Gasteiger partial charge in [0, 0.05) is 24.8 Å². The van der Waals surface area contributed by atoms with Crippen molar-refractivity contribution in [3.63, 3.8) is 0 Å². The van der Waals surface area contributed by atoms with Crippen LogP contribution in [0.4, 0.5) is 5.95 Å². The van der Waals surface area contributed by atoms with Gasteiger partial charge in [0.15, 0.2) is 0 Å². The Balaban J connectivity index is 1.91. The number of carbonyl (C=O) groups excluding carboxylic acids is 1. The van der Waals surface area contributed by atoms with E-state index in [-0.39, 0.29) is 12.5 Å². The van der Waals surface area contributed by atoms with E-state index in [4.69, 9.17) is 0 Å². The molecule has 2 heterocycles. The summed E-state index contributed by atoms with van der Waals surface area (Å²) >= 11 is 0. The summed E-state index contributed by atoms with van der Waals surface area (Å²) < 4.78 is 1.68. The number of rotatable bonds is 3. The summed E-state index contributed by atoms with van der Waals surface area (Å²) in [7, 11) is 0. The van der Waals surface area contributed by atoms with E-state index in [0.29, 0.717) is 5.95 Å². The van der Waals surface area contributed by atoms with E-state index >= 15 is 0 Å². The summed E-state index contributed by atoms with van der Waals surface area (Å²) in [5.41, 5.74) is 0. The number of H-pyrrole nitrogens is 1. The molecule has 0 aliphatic rings. The lowest BCUT2D eigenvalue weighted by atomic mass is 10.6. The molecule has 0 aliphatic carbocycles. The van der Waals surface area contributed by atoms with Crippen LogP contribution in [-0.4, -0.2) is 25.4 Å². The maximum absolute atomic E-state index is 11.4. The maximum atomic E-state index is 11.4. The number of nitrogens with one attached hydrogen (secondary N) is 2. The fraction of sp³-hybridized carbons (Fsp3) is 0.125. The monoisotopic (exact) mass is 191 g/mol. The van der Waals surface area contributed by atoms with Gasteiger partial charge in [-0.1, -0.05) is 0 Å². The summed E-state index contributed by atoms with van der Waals surface area (Å²) in [6, 6.07) is 0. The predicted molar refractivity (Wildman–Crippen MR) is 49.4 cm³/mol. The lowest BCUT2D eigenvalue weighted by Crippen LogP contribution is -2.18. The summed E-state index contributed by atoms with van der Waals surface area (Å²) in [4.78, 5) is 21.8. The largest absolute Gasteiger partial charge is 0.331 e. The highest BCUT2D eigenvalue weighted by Crippen LogP contribution is 1.95. The molecule has 0 aliphatic heterocycles. The number of hydrogen-bond acceptors (Lipinski definition) is 3. The van der Waals surface area contributed by atoms with Crippen LogP contribution in [0.3, 0.4) is 0 Å². The van der Waals surface area contributed by atoms with Gasteiger partial charge >= 0.3 is 0 Å². The number of anilines is 1. The number of amides is 1. The first-order valence-corrected chi connectivity index (χ1v) is 4.09. The van der Waals surface area contributed by atoms with Crippen molar-refractivity contribution >= 4 is 11.9 Å². The minimum atomic E-state index is -0.141. The molecule has 0 saturated heterocycles. The molecular weight excluding hydrogens is 182 g/mol. The number of aromatic amines is 1. The average molecular weight is 191 g/mol. The van der Waals surface area contributed by atoms with Crippen molar-refractivity contribution in [2.24, 2.45) is 0 Å². The fourth-order valence-corrected chi connectivity index (χ4v) is 1.05. The average Bonchev–Trinajstić information content (AvgIpc) is 2.76. The quantitative estimate of drug-likeness (QED) is 0.729. The molecule has 2 rings (SSSR count). The Morgan fingerprint density at radius 3 is 3.14 bits per heavy atom. The molecule has 2 N–H and O–H groups in total. The van der Waals surface area contributed by atoms with Gasteiger partial charge in [-0.05, 0) is 0 Å². The summed E-state index contributed by atoms with van der Waals surface area (Å²) in [5, 5.41) is 2.61. The zero-order valence-corrected chi connectivity index (χ0v) is 7.34.